The molecule has 0 bridgehead atoms. The second-order valence-corrected chi connectivity index (χ2v) is 9.86. The van der Waals surface area contributed by atoms with Crippen LogP contribution in [0, 0.1) is 0 Å². The van der Waals surface area contributed by atoms with Crippen LogP contribution in [0.15, 0.2) is 78.9 Å². The fourth-order valence-electron chi connectivity index (χ4n) is 4.13. The lowest BCUT2D eigenvalue weighted by Gasteiger charge is -2.33. The predicted octanol–water partition coefficient (Wildman–Crippen LogP) is 6.19. The molecule has 156 valence electrons. The van der Waals surface area contributed by atoms with E-state index in [-0.39, 0.29) is 17.3 Å². The lowest BCUT2D eigenvalue weighted by Crippen LogP contribution is -2.46. The standard InChI is InChI=1S/C26H20Br2O3/c1-2-16-12-14-18(15-13-16)23(29)22(27)21(17-8-4-3-5-9-17)26(28)24(30)19-10-6-7-11-20(19)25(26)31/h3-15,21-22H,2H2,1H3/t21-,22+/m1/s1. The number of Topliss-reactive ketones (excluding diaryl/α,β-unsaturated/α-hetero) is 3. The van der Waals surface area contributed by atoms with E-state index in [1.54, 1.807) is 36.4 Å². The Labute approximate surface area is 198 Å². The van der Waals surface area contributed by atoms with E-state index in [4.69, 9.17) is 0 Å². The van der Waals surface area contributed by atoms with Crippen LogP contribution in [0.3, 0.4) is 0 Å². The first-order valence-electron chi connectivity index (χ1n) is 10.1. The third kappa shape index (κ3) is 3.64. The van der Waals surface area contributed by atoms with Crippen molar-refractivity contribution in [3.05, 3.63) is 107 Å². The molecule has 0 amide bonds. The van der Waals surface area contributed by atoms with Crippen molar-refractivity contribution in [1.82, 2.24) is 0 Å². The first-order valence-corrected chi connectivity index (χ1v) is 11.8. The molecule has 0 saturated heterocycles. The topological polar surface area (TPSA) is 51.2 Å². The van der Waals surface area contributed by atoms with Crippen LogP contribution in [0.25, 0.3) is 0 Å². The molecule has 0 aliphatic heterocycles. The summed E-state index contributed by atoms with van der Waals surface area (Å²) in [5, 5.41) is 0. The van der Waals surface area contributed by atoms with Crippen molar-refractivity contribution in [3.8, 4) is 0 Å². The zero-order valence-corrected chi connectivity index (χ0v) is 20.0. The van der Waals surface area contributed by atoms with E-state index in [1.165, 1.54) is 0 Å². The summed E-state index contributed by atoms with van der Waals surface area (Å²) in [5.41, 5.74) is 3.16. The van der Waals surface area contributed by atoms with Gasteiger partial charge in [0.25, 0.3) is 0 Å². The summed E-state index contributed by atoms with van der Waals surface area (Å²) < 4.78 is -1.56. The highest BCUT2D eigenvalue weighted by Crippen LogP contribution is 2.49. The Morgan fingerprint density at radius 1 is 0.839 bits per heavy atom. The number of benzene rings is 3. The lowest BCUT2D eigenvalue weighted by atomic mass is 9.78. The van der Waals surface area contributed by atoms with Crippen LogP contribution in [0.2, 0.25) is 0 Å². The van der Waals surface area contributed by atoms with Gasteiger partial charge in [-0.25, -0.2) is 0 Å². The van der Waals surface area contributed by atoms with Gasteiger partial charge >= 0.3 is 0 Å². The van der Waals surface area contributed by atoms with Gasteiger partial charge in [0.05, 0.1) is 4.83 Å². The largest absolute Gasteiger partial charge is 0.293 e. The van der Waals surface area contributed by atoms with Crippen molar-refractivity contribution in [2.24, 2.45) is 0 Å². The Morgan fingerprint density at radius 2 is 1.35 bits per heavy atom. The van der Waals surface area contributed by atoms with Gasteiger partial charge in [0.1, 0.15) is 0 Å². The zero-order chi connectivity index (χ0) is 22.2. The third-order valence-electron chi connectivity index (χ3n) is 5.85. The van der Waals surface area contributed by atoms with Gasteiger partial charge in [-0.05, 0) is 17.5 Å². The molecular weight excluding hydrogens is 520 g/mol. The van der Waals surface area contributed by atoms with E-state index < -0.39 is 15.1 Å². The average molecular weight is 540 g/mol. The average Bonchev–Trinajstić information content (AvgIpc) is 3.01. The molecule has 0 radical (unpaired) electrons. The summed E-state index contributed by atoms with van der Waals surface area (Å²) in [4.78, 5) is 39.6. The maximum atomic E-state index is 13.5. The SMILES string of the molecule is CCc1ccc(C(=O)[C@@H](Br)[C@@H](c2ccccc2)C2(Br)C(=O)c3ccccc3C2=O)cc1. The summed E-state index contributed by atoms with van der Waals surface area (Å²) in [7, 11) is 0. The third-order valence-corrected chi connectivity index (χ3v) is 8.01. The highest BCUT2D eigenvalue weighted by atomic mass is 79.9. The first-order chi connectivity index (χ1) is 14.9. The Hall–Kier alpha value is -2.37. The smallest absolute Gasteiger partial charge is 0.188 e. The van der Waals surface area contributed by atoms with Gasteiger partial charge in [0.2, 0.25) is 0 Å². The van der Waals surface area contributed by atoms with Crippen molar-refractivity contribution in [1.29, 1.82) is 0 Å². The van der Waals surface area contributed by atoms with Gasteiger partial charge in [-0.1, -0.05) is 118 Å². The number of carbonyl (C=O) groups excluding carboxylic acids is 3. The number of fused-ring (bicyclic) bond motifs is 1. The molecule has 1 aliphatic rings. The molecule has 0 fully saturated rings. The fraction of sp³-hybridized carbons (Fsp3) is 0.192. The van der Waals surface area contributed by atoms with Crippen LogP contribution in [0.1, 0.15) is 55.0 Å². The molecule has 31 heavy (non-hydrogen) atoms. The predicted molar refractivity (Wildman–Crippen MR) is 129 cm³/mol. The molecule has 3 nitrogen and oxygen atoms in total. The molecule has 0 unspecified atom stereocenters. The van der Waals surface area contributed by atoms with E-state index in [1.807, 2.05) is 42.5 Å². The number of rotatable bonds is 6. The van der Waals surface area contributed by atoms with Crippen molar-refractivity contribution >= 4 is 49.2 Å². The number of ketones is 3. The van der Waals surface area contributed by atoms with Crippen molar-refractivity contribution in [3.63, 3.8) is 0 Å². The summed E-state index contributed by atoms with van der Waals surface area (Å²) in [6.45, 7) is 2.05. The van der Waals surface area contributed by atoms with Crippen LogP contribution in [0.4, 0.5) is 0 Å². The molecule has 3 aromatic carbocycles. The zero-order valence-electron chi connectivity index (χ0n) is 16.8. The van der Waals surface area contributed by atoms with Gasteiger partial charge in [0, 0.05) is 22.6 Å². The molecule has 1 aliphatic carbocycles. The normalized spacial score (nSPS) is 16.6. The molecule has 3 aromatic rings. The van der Waals surface area contributed by atoms with Crippen molar-refractivity contribution in [2.45, 2.75) is 28.4 Å². The number of halogens is 2. The molecule has 0 N–H and O–H groups in total. The fourth-order valence-corrected chi connectivity index (χ4v) is 6.41. The molecule has 0 spiro atoms. The minimum absolute atomic E-state index is 0.174. The second kappa shape index (κ2) is 8.64. The summed E-state index contributed by atoms with van der Waals surface area (Å²) >= 11 is 7.12. The van der Waals surface area contributed by atoms with Gasteiger partial charge < -0.3 is 0 Å². The maximum Gasteiger partial charge on any atom is 0.188 e. The van der Waals surface area contributed by atoms with Gasteiger partial charge in [-0.3, -0.25) is 14.4 Å². The van der Waals surface area contributed by atoms with Crippen LogP contribution in [-0.4, -0.2) is 26.5 Å². The summed E-state index contributed by atoms with van der Waals surface area (Å²) in [5.74, 6) is -1.55. The quantitative estimate of drug-likeness (QED) is 0.213. The Bertz CT molecular complexity index is 1120. The minimum atomic E-state index is -1.56. The van der Waals surface area contributed by atoms with Crippen molar-refractivity contribution in [2.75, 3.05) is 0 Å². The summed E-state index contributed by atoms with van der Waals surface area (Å²) in [6, 6.07) is 23.5. The van der Waals surface area contributed by atoms with Gasteiger partial charge in [-0.2, -0.15) is 0 Å². The Kier molecular flexibility index (Phi) is 6.09. The van der Waals surface area contributed by atoms with Crippen LogP contribution >= 0.6 is 31.9 Å². The molecule has 4 rings (SSSR count). The molecule has 5 heteroatoms. The van der Waals surface area contributed by atoms with Gasteiger partial charge in [0.15, 0.2) is 21.7 Å². The number of alkyl halides is 2. The molecule has 0 aromatic heterocycles. The van der Waals surface area contributed by atoms with E-state index in [0.717, 1.165) is 17.5 Å². The number of aryl methyl sites for hydroxylation is 1. The Balaban J connectivity index is 1.81. The first kappa shape index (κ1) is 21.8. The molecule has 0 heterocycles. The summed E-state index contributed by atoms with van der Waals surface area (Å²) in [6.07, 6.45) is 0.880. The number of carbonyl (C=O) groups is 3. The molecule has 2 atom stereocenters. The van der Waals surface area contributed by atoms with Gasteiger partial charge in [-0.15, -0.1) is 0 Å². The van der Waals surface area contributed by atoms with E-state index in [2.05, 4.69) is 38.8 Å². The number of hydrogen-bond acceptors (Lipinski definition) is 3. The lowest BCUT2D eigenvalue weighted by molar-refractivity contribution is 0.0844. The van der Waals surface area contributed by atoms with E-state index in [0.29, 0.717) is 16.7 Å². The maximum absolute atomic E-state index is 13.5. The van der Waals surface area contributed by atoms with Crippen LogP contribution in [-0.2, 0) is 6.42 Å². The monoisotopic (exact) mass is 538 g/mol. The van der Waals surface area contributed by atoms with E-state index in [9.17, 15) is 14.4 Å². The molecular formula is C26H20Br2O3. The van der Waals surface area contributed by atoms with E-state index >= 15 is 0 Å². The van der Waals surface area contributed by atoms with Crippen LogP contribution in [0.5, 0.6) is 0 Å². The highest BCUT2D eigenvalue weighted by molar-refractivity contribution is 9.11. The Morgan fingerprint density at radius 3 is 1.87 bits per heavy atom. The number of hydrogen-bond donors (Lipinski definition) is 0. The van der Waals surface area contributed by atoms with Crippen molar-refractivity contribution < 1.29 is 14.4 Å². The molecule has 0 saturated carbocycles. The highest BCUT2D eigenvalue weighted by Gasteiger charge is 2.59. The second-order valence-electron chi connectivity index (χ2n) is 7.62. The minimum Gasteiger partial charge on any atom is -0.293 e. The van der Waals surface area contributed by atoms with Crippen LogP contribution < -0.4 is 0 Å².